The molecule has 7 heteroatoms. The van der Waals surface area contributed by atoms with Gasteiger partial charge in [0.1, 0.15) is 5.69 Å². The van der Waals surface area contributed by atoms with Gasteiger partial charge in [0.05, 0.1) is 0 Å². The van der Waals surface area contributed by atoms with Crippen molar-refractivity contribution in [3.63, 3.8) is 0 Å². The van der Waals surface area contributed by atoms with Crippen molar-refractivity contribution in [1.82, 2.24) is 19.8 Å². The van der Waals surface area contributed by atoms with Crippen molar-refractivity contribution in [3.8, 4) is 5.69 Å². The molecule has 0 radical (unpaired) electrons. The predicted octanol–water partition coefficient (Wildman–Crippen LogP) is 2.98. The molecule has 0 unspecified atom stereocenters. The quantitative estimate of drug-likeness (QED) is 0.810. The minimum atomic E-state index is -0.230. The van der Waals surface area contributed by atoms with Crippen molar-refractivity contribution in [3.05, 3.63) is 36.6 Å². The summed E-state index contributed by atoms with van der Waals surface area (Å²) >= 11 is 7.02. The van der Waals surface area contributed by atoms with Crippen LogP contribution >= 0.6 is 31.9 Å². The predicted molar refractivity (Wildman–Crippen MR) is 80.8 cm³/mol. The lowest BCUT2D eigenvalue weighted by Crippen LogP contribution is -2.25. The second-order valence-corrected chi connectivity index (χ2v) is 6.01. The maximum atomic E-state index is 12.2. The Bertz CT molecular complexity index is 675. The Kier molecular flexibility index (Phi) is 4.25. The molecule has 0 saturated carbocycles. The van der Waals surface area contributed by atoms with E-state index in [0.717, 1.165) is 26.5 Å². The first-order valence-electron chi connectivity index (χ1n) is 5.95. The van der Waals surface area contributed by atoms with Gasteiger partial charge < -0.3 is 0 Å². The number of hydrogen-bond donors (Lipinski definition) is 0. The smallest absolute Gasteiger partial charge is 0.244 e. The molecule has 1 heterocycles. The zero-order valence-corrected chi connectivity index (χ0v) is 14.1. The molecule has 5 nitrogen and oxygen atoms in total. The Balaban J connectivity index is 2.66. The van der Waals surface area contributed by atoms with E-state index in [1.165, 1.54) is 9.36 Å². The highest BCUT2D eigenvalue weighted by molar-refractivity contribution is 9.11. The number of tetrazole rings is 1. The van der Waals surface area contributed by atoms with Crippen LogP contribution in [-0.2, 0) is 6.54 Å². The van der Waals surface area contributed by atoms with Gasteiger partial charge in [-0.25, -0.2) is 4.79 Å². The molecule has 2 rings (SSSR count). The van der Waals surface area contributed by atoms with Crippen LogP contribution in [0.4, 0.5) is 0 Å². The van der Waals surface area contributed by atoms with Crippen LogP contribution in [-0.4, -0.2) is 19.8 Å². The van der Waals surface area contributed by atoms with Gasteiger partial charge >= 0.3 is 5.69 Å². The summed E-state index contributed by atoms with van der Waals surface area (Å²) in [5.74, 6) is 0. The van der Waals surface area contributed by atoms with Crippen molar-refractivity contribution in [2.45, 2.75) is 33.7 Å². The van der Waals surface area contributed by atoms with Crippen LogP contribution in [0.3, 0.4) is 0 Å². The molecule has 0 aliphatic carbocycles. The number of hydrogen-bond acceptors (Lipinski definition) is 3. The summed E-state index contributed by atoms with van der Waals surface area (Å²) in [6.45, 7) is 6.58. The van der Waals surface area contributed by atoms with Crippen LogP contribution < -0.4 is 5.69 Å². The fourth-order valence-corrected chi connectivity index (χ4v) is 3.45. The lowest BCUT2D eigenvalue weighted by atomic mass is 10.1. The Morgan fingerprint density at radius 1 is 1.26 bits per heavy atom. The number of benzene rings is 1. The fraction of sp³-hybridized carbons (Fsp3) is 0.417. The summed E-state index contributed by atoms with van der Waals surface area (Å²) in [4.78, 5) is 12.2. The average Bonchev–Trinajstić information content (AvgIpc) is 2.70. The minimum absolute atomic E-state index is 0.230. The van der Waals surface area contributed by atoms with Crippen LogP contribution in [0, 0.1) is 13.8 Å². The first-order chi connectivity index (χ1) is 8.97. The molecule has 0 saturated heterocycles. The maximum absolute atomic E-state index is 12.2. The van der Waals surface area contributed by atoms with Crippen molar-refractivity contribution in [2.24, 2.45) is 0 Å². The molecule has 1 aromatic heterocycles. The summed E-state index contributed by atoms with van der Waals surface area (Å²) < 4.78 is 4.35. The summed E-state index contributed by atoms with van der Waals surface area (Å²) in [5, 5.41) is 7.85. The lowest BCUT2D eigenvalue weighted by molar-refractivity contribution is 0.564. The molecule has 19 heavy (non-hydrogen) atoms. The number of nitrogens with zero attached hydrogens (tertiary/aromatic N) is 4. The van der Waals surface area contributed by atoms with Gasteiger partial charge in [0.25, 0.3) is 0 Å². The molecular weight excluding hydrogens is 376 g/mol. The highest BCUT2D eigenvalue weighted by Gasteiger charge is 2.17. The van der Waals surface area contributed by atoms with Gasteiger partial charge in [-0.3, -0.25) is 0 Å². The maximum Gasteiger partial charge on any atom is 0.368 e. The fourth-order valence-electron chi connectivity index (χ4n) is 1.78. The van der Waals surface area contributed by atoms with Crippen molar-refractivity contribution >= 4 is 31.9 Å². The van der Waals surface area contributed by atoms with E-state index in [4.69, 9.17) is 0 Å². The third kappa shape index (κ3) is 2.53. The zero-order valence-electron chi connectivity index (χ0n) is 10.9. The van der Waals surface area contributed by atoms with E-state index in [1.807, 2.05) is 26.8 Å². The molecule has 0 fully saturated rings. The second-order valence-electron chi connectivity index (χ2n) is 4.36. The number of aryl methyl sites for hydroxylation is 2. The highest BCUT2D eigenvalue weighted by atomic mass is 79.9. The third-order valence-electron chi connectivity index (χ3n) is 2.98. The summed E-state index contributed by atoms with van der Waals surface area (Å²) in [7, 11) is 0. The second kappa shape index (κ2) is 5.58. The Morgan fingerprint density at radius 2 is 1.95 bits per heavy atom. The average molecular weight is 390 g/mol. The van der Waals surface area contributed by atoms with Crippen LogP contribution in [0.15, 0.2) is 19.8 Å². The van der Waals surface area contributed by atoms with Crippen LogP contribution in [0.25, 0.3) is 5.69 Å². The number of rotatable bonds is 3. The molecule has 0 amide bonds. The molecule has 0 bridgehead atoms. The first-order valence-corrected chi connectivity index (χ1v) is 7.54. The molecule has 102 valence electrons. The van der Waals surface area contributed by atoms with Crippen LogP contribution in [0.1, 0.15) is 24.5 Å². The van der Waals surface area contributed by atoms with E-state index in [-0.39, 0.29) is 5.69 Å². The van der Waals surface area contributed by atoms with Gasteiger partial charge in [0.15, 0.2) is 0 Å². The van der Waals surface area contributed by atoms with Gasteiger partial charge in [-0.2, -0.15) is 9.36 Å². The van der Waals surface area contributed by atoms with Gasteiger partial charge in [-0.05, 0) is 79.7 Å². The first kappa shape index (κ1) is 14.5. The molecular formula is C12H14Br2N4O. The SMILES string of the molecule is CCCn1nnn(-c2c(Br)cc(C)c(C)c2Br)c1=O. The van der Waals surface area contributed by atoms with Crippen molar-refractivity contribution in [2.75, 3.05) is 0 Å². The standard InChI is InChI=1S/C12H14Br2N4O/c1-4-5-17-12(19)18(16-15-17)11-9(13)6-7(2)8(3)10(11)14/h6H,4-5H2,1-3H3. The van der Waals surface area contributed by atoms with E-state index in [1.54, 1.807) is 0 Å². The lowest BCUT2D eigenvalue weighted by Gasteiger charge is -2.10. The van der Waals surface area contributed by atoms with Gasteiger partial charge in [0, 0.05) is 15.5 Å². The zero-order chi connectivity index (χ0) is 14.2. The third-order valence-corrected chi connectivity index (χ3v) is 4.56. The van der Waals surface area contributed by atoms with Crippen molar-refractivity contribution in [1.29, 1.82) is 0 Å². The topological polar surface area (TPSA) is 52.7 Å². The Labute approximate surface area is 127 Å². The van der Waals surface area contributed by atoms with E-state index in [9.17, 15) is 4.79 Å². The van der Waals surface area contributed by atoms with Gasteiger partial charge in [-0.1, -0.05) is 6.92 Å². The van der Waals surface area contributed by atoms with E-state index in [0.29, 0.717) is 12.2 Å². The summed E-state index contributed by atoms with van der Waals surface area (Å²) in [6, 6.07) is 1.97. The number of halogens is 2. The van der Waals surface area contributed by atoms with Crippen LogP contribution in [0.2, 0.25) is 0 Å². The van der Waals surface area contributed by atoms with Gasteiger partial charge in [0.2, 0.25) is 0 Å². The Morgan fingerprint density at radius 3 is 2.58 bits per heavy atom. The molecule has 0 aliphatic heterocycles. The Hall–Kier alpha value is -0.950. The van der Waals surface area contributed by atoms with E-state index >= 15 is 0 Å². The van der Waals surface area contributed by atoms with Crippen LogP contribution in [0.5, 0.6) is 0 Å². The van der Waals surface area contributed by atoms with Crippen molar-refractivity contribution < 1.29 is 0 Å². The molecule has 1 aromatic carbocycles. The summed E-state index contributed by atoms with van der Waals surface area (Å²) in [5.41, 5.74) is 2.67. The minimum Gasteiger partial charge on any atom is -0.244 e. The largest absolute Gasteiger partial charge is 0.368 e. The molecule has 0 atom stereocenters. The van der Waals surface area contributed by atoms with E-state index in [2.05, 4.69) is 42.3 Å². The van der Waals surface area contributed by atoms with E-state index < -0.39 is 0 Å². The number of aromatic nitrogens is 4. The molecule has 2 aromatic rings. The highest BCUT2D eigenvalue weighted by Crippen LogP contribution is 2.32. The summed E-state index contributed by atoms with van der Waals surface area (Å²) in [6.07, 6.45) is 0.841. The molecule has 0 aliphatic rings. The normalized spacial score (nSPS) is 11.0. The monoisotopic (exact) mass is 388 g/mol. The van der Waals surface area contributed by atoms with Gasteiger partial charge in [-0.15, -0.1) is 0 Å². The molecule has 0 N–H and O–H groups in total. The molecule has 0 spiro atoms.